The molecule has 5 rings (SSSR count). The zero-order chi connectivity index (χ0) is 27.0. The first-order valence-corrected chi connectivity index (χ1v) is 14.0. The number of rotatable bonds is 8. The van der Waals surface area contributed by atoms with Gasteiger partial charge < -0.3 is 18.9 Å². The van der Waals surface area contributed by atoms with Crippen molar-refractivity contribution < 1.29 is 23.7 Å². The molecule has 0 radical (unpaired) electrons. The van der Waals surface area contributed by atoms with Crippen molar-refractivity contribution >= 4 is 17.9 Å². The first-order chi connectivity index (χ1) is 19.1. The maximum atomic E-state index is 13.6. The summed E-state index contributed by atoms with van der Waals surface area (Å²) in [4.78, 5) is 18.3. The monoisotopic (exact) mass is 532 g/mol. The second kappa shape index (κ2) is 13.4. The molecule has 2 heterocycles. The van der Waals surface area contributed by atoms with Gasteiger partial charge in [-0.2, -0.15) is 0 Å². The van der Waals surface area contributed by atoms with Gasteiger partial charge in [0.05, 0.1) is 40.6 Å². The van der Waals surface area contributed by atoms with Crippen LogP contribution in [0.2, 0.25) is 0 Å². The summed E-state index contributed by atoms with van der Waals surface area (Å²) >= 11 is 0. The molecular weight excluding hydrogens is 492 g/mol. The van der Waals surface area contributed by atoms with E-state index in [0.29, 0.717) is 0 Å². The van der Waals surface area contributed by atoms with Crippen LogP contribution in [0.25, 0.3) is 12.2 Å². The molecule has 0 atom stereocenters. The van der Waals surface area contributed by atoms with Crippen LogP contribution >= 0.6 is 0 Å². The topological polar surface area (TPSA) is 60.5 Å². The first kappa shape index (κ1) is 27.6. The Balaban J connectivity index is 1.34. The third-order valence-electron chi connectivity index (χ3n) is 7.76. The molecule has 0 unspecified atom stereocenters. The Kier molecular flexibility index (Phi) is 9.48. The Morgan fingerprint density at radius 1 is 0.718 bits per heavy atom. The number of morpholine rings is 2. The number of nitrogens with zero attached hydrogens (tertiary/aromatic N) is 2. The van der Waals surface area contributed by atoms with Crippen molar-refractivity contribution in [3.63, 3.8) is 0 Å². The number of methoxy groups -OCH3 is 2. The van der Waals surface area contributed by atoms with Gasteiger partial charge in [-0.3, -0.25) is 14.6 Å². The van der Waals surface area contributed by atoms with Gasteiger partial charge in [0.1, 0.15) is 11.5 Å². The van der Waals surface area contributed by atoms with Crippen LogP contribution in [0.3, 0.4) is 0 Å². The van der Waals surface area contributed by atoms with Crippen LogP contribution in [0.15, 0.2) is 47.5 Å². The van der Waals surface area contributed by atoms with Gasteiger partial charge in [0, 0.05) is 61.5 Å². The van der Waals surface area contributed by atoms with Crippen molar-refractivity contribution in [1.82, 2.24) is 9.80 Å². The minimum atomic E-state index is 0.150. The van der Waals surface area contributed by atoms with E-state index < -0.39 is 0 Å². The molecule has 39 heavy (non-hydrogen) atoms. The van der Waals surface area contributed by atoms with Gasteiger partial charge in [-0.05, 0) is 66.8 Å². The van der Waals surface area contributed by atoms with Gasteiger partial charge in [-0.25, -0.2) is 0 Å². The van der Waals surface area contributed by atoms with E-state index in [1.54, 1.807) is 14.2 Å². The van der Waals surface area contributed by atoms with Crippen molar-refractivity contribution in [3.05, 3.63) is 69.8 Å². The van der Waals surface area contributed by atoms with Crippen molar-refractivity contribution in [1.29, 1.82) is 0 Å². The van der Waals surface area contributed by atoms with Gasteiger partial charge in [0.25, 0.3) is 0 Å². The molecule has 3 fully saturated rings. The first-order valence-electron chi connectivity index (χ1n) is 14.0. The van der Waals surface area contributed by atoms with E-state index in [1.807, 2.05) is 24.3 Å². The highest BCUT2D eigenvalue weighted by Gasteiger charge is 2.22. The summed E-state index contributed by atoms with van der Waals surface area (Å²) < 4.78 is 22.3. The second-order valence-electron chi connectivity index (χ2n) is 10.4. The molecular formula is C32H40N2O5. The molecule has 2 aromatic carbocycles. The Bertz CT molecular complexity index is 1120. The lowest BCUT2D eigenvalue weighted by Crippen LogP contribution is -2.35. The lowest BCUT2D eigenvalue weighted by molar-refractivity contribution is -0.112. The van der Waals surface area contributed by atoms with Crippen molar-refractivity contribution in [3.8, 4) is 11.5 Å². The van der Waals surface area contributed by atoms with Crippen molar-refractivity contribution in [2.24, 2.45) is 0 Å². The van der Waals surface area contributed by atoms with Crippen molar-refractivity contribution in [2.45, 2.75) is 32.4 Å². The third-order valence-corrected chi connectivity index (χ3v) is 7.76. The highest BCUT2D eigenvalue weighted by molar-refractivity contribution is 6.14. The number of ether oxygens (including phenoxy) is 4. The smallest absolute Gasteiger partial charge is 0.185 e. The number of hydrogen-bond donors (Lipinski definition) is 0. The SMILES string of the molecule is COc1ccc(/C=C2\CCC/C(=C\c3ccc(OC)c(CN4CCOCC4)c3)C2=O)cc1CN1CCOCC1. The zero-order valence-corrected chi connectivity index (χ0v) is 23.2. The van der Waals surface area contributed by atoms with Gasteiger partial charge in [-0.1, -0.05) is 12.1 Å². The van der Waals surface area contributed by atoms with Crippen LogP contribution in [-0.4, -0.2) is 82.4 Å². The van der Waals surface area contributed by atoms with Crippen molar-refractivity contribution in [2.75, 3.05) is 66.8 Å². The molecule has 2 aromatic rings. The molecule has 2 aliphatic heterocycles. The number of Topliss-reactive ketones (excluding diaryl/α,β-unsaturated/α-hetero) is 1. The average Bonchev–Trinajstić information content (AvgIpc) is 2.97. The van der Waals surface area contributed by atoms with Gasteiger partial charge >= 0.3 is 0 Å². The maximum absolute atomic E-state index is 13.6. The zero-order valence-electron chi connectivity index (χ0n) is 23.2. The van der Waals surface area contributed by atoms with Crippen LogP contribution in [0.5, 0.6) is 11.5 Å². The summed E-state index contributed by atoms with van der Waals surface area (Å²) in [5, 5.41) is 0. The Morgan fingerprint density at radius 3 is 1.56 bits per heavy atom. The second-order valence-corrected chi connectivity index (χ2v) is 10.4. The van der Waals surface area contributed by atoms with Gasteiger partial charge in [-0.15, -0.1) is 0 Å². The summed E-state index contributed by atoms with van der Waals surface area (Å²) in [6.45, 7) is 8.34. The summed E-state index contributed by atoms with van der Waals surface area (Å²) in [5.41, 5.74) is 6.11. The standard InChI is InChI=1S/C32H40N2O5/c1-36-30-8-6-24(20-28(30)22-33-10-14-38-15-11-33)18-26-4-3-5-27(32(26)35)19-25-7-9-31(37-2)29(21-25)23-34-12-16-39-17-13-34/h6-9,18-21H,3-5,10-17,22-23H2,1-2H3/b26-18+,27-19+. The van der Waals surface area contributed by atoms with Crippen LogP contribution in [-0.2, 0) is 27.4 Å². The fourth-order valence-corrected chi connectivity index (χ4v) is 5.60. The van der Waals surface area contributed by atoms with Gasteiger partial charge in [0.2, 0.25) is 0 Å². The van der Waals surface area contributed by atoms with Crippen LogP contribution in [0.4, 0.5) is 0 Å². The molecule has 2 saturated heterocycles. The number of carbonyl (C=O) groups excluding carboxylic acids is 1. The predicted molar refractivity (Wildman–Crippen MR) is 153 cm³/mol. The molecule has 7 heteroatoms. The number of hydrogen-bond acceptors (Lipinski definition) is 7. The molecule has 1 saturated carbocycles. The number of ketones is 1. The molecule has 0 spiro atoms. The van der Waals surface area contributed by atoms with E-state index >= 15 is 0 Å². The van der Waals surface area contributed by atoms with E-state index in [9.17, 15) is 4.79 Å². The molecule has 3 aliphatic rings. The van der Waals surface area contributed by atoms with Crippen LogP contribution in [0.1, 0.15) is 41.5 Å². The molecule has 0 aromatic heterocycles. The summed E-state index contributed by atoms with van der Waals surface area (Å²) in [7, 11) is 3.42. The number of allylic oxidation sites excluding steroid dienone is 2. The van der Waals surface area contributed by atoms with E-state index in [-0.39, 0.29) is 5.78 Å². The van der Waals surface area contributed by atoms with Crippen LogP contribution < -0.4 is 9.47 Å². The Labute approximate surface area is 232 Å². The van der Waals surface area contributed by atoms with Gasteiger partial charge in [0.15, 0.2) is 5.78 Å². The molecule has 7 nitrogen and oxygen atoms in total. The minimum Gasteiger partial charge on any atom is -0.496 e. The quantitative estimate of drug-likeness (QED) is 0.461. The average molecular weight is 533 g/mol. The number of benzene rings is 2. The number of carbonyl (C=O) groups is 1. The third kappa shape index (κ3) is 7.17. The summed E-state index contributed by atoms with van der Waals surface area (Å²) in [6.07, 6.45) is 6.69. The van der Waals surface area contributed by atoms with E-state index in [2.05, 4.69) is 34.1 Å². The predicted octanol–water partition coefficient (Wildman–Crippen LogP) is 4.59. The fraction of sp³-hybridized carbons (Fsp3) is 0.469. The largest absolute Gasteiger partial charge is 0.496 e. The lowest BCUT2D eigenvalue weighted by atomic mass is 9.86. The fourth-order valence-electron chi connectivity index (χ4n) is 5.60. The van der Waals surface area contributed by atoms with Crippen LogP contribution in [0, 0.1) is 0 Å². The maximum Gasteiger partial charge on any atom is 0.185 e. The van der Waals surface area contributed by atoms with E-state index in [0.717, 1.165) is 130 Å². The molecule has 1 aliphatic carbocycles. The molecule has 208 valence electrons. The molecule has 0 N–H and O–H groups in total. The normalized spacial score (nSPS) is 21.4. The highest BCUT2D eigenvalue weighted by Crippen LogP contribution is 2.31. The summed E-state index contributed by atoms with van der Waals surface area (Å²) in [5.74, 6) is 1.91. The highest BCUT2D eigenvalue weighted by atomic mass is 16.5. The lowest BCUT2D eigenvalue weighted by Gasteiger charge is -2.27. The minimum absolute atomic E-state index is 0.150. The Hall–Kier alpha value is -2.97. The van der Waals surface area contributed by atoms with E-state index in [1.165, 1.54) is 0 Å². The molecule has 0 bridgehead atoms. The summed E-state index contributed by atoms with van der Waals surface area (Å²) in [6, 6.07) is 12.4. The Morgan fingerprint density at radius 2 is 1.15 bits per heavy atom. The van der Waals surface area contributed by atoms with E-state index in [4.69, 9.17) is 18.9 Å². The molecule has 0 amide bonds.